The van der Waals surface area contributed by atoms with Crippen LogP contribution in [0, 0.1) is 24.0 Å². The van der Waals surface area contributed by atoms with Crippen molar-refractivity contribution >= 4 is 52.0 Å². The van der Waals surface area contributed by atoms with Gasteiger partial charge in [-0.25, -0.2) is 0 Å². The number of rotatable bonds is 7. The van der Waals surface area contributed by atoms with Crippen LogP contribution in [0.25, 0.3) is 11.8 Å². The number of hydrogen-bond acceptors (Lipinski definition) is 7. The van der Waals surface area contributed by atoms with Gasteiger partial charge in [-0.1, -0.05) is 18.2 Å². The molecule has 2 fully saturated rings. The topological polar surface area (TPSA) is 118 Å². The van der Waals surface area contributed by atoms with Crippen LogP contribution in [0.1, 0.15) is 36.2 Å². The maximum atomic E-state index is 13.0. The maximum Gasteiger partial charge on any atom is 0.294 e. The van der Waals surface area contributed by atoms with Gasteiger partial charge in [0.2, 0.25) is 5.91 Å². The highest BCUT2D eigenvalue weighted by Gasteiger charge is 2.36. The van der Waals surface area contributed by atoms with Crippen LogP contribution in [-0.4, -0.2) is 51.1 Å². The summed E-state index contributed by atoms with van der Waals surface area (Å²) < 4.78 is 1.90. The Morgan fingerprint density at radius 3 is 2.48 bits per heavy atom. The summed E-state index contributed by atoms with van der Waals surface area (Å²) in [5.74, 6) is -1.01. The number of benzene rings is 2. The SMILES string of the molecule is Cc1cc(/C=C2\SC(=O)N(CC(=O)Nc3ccccc3)C2=O)c(C)n1-c1ccc(N2CCCCC2)c([N+](=O)[O-])c1. The van der Waals surface area contributed by atoms with Crippen molar-refractivity contribution in [2.75, 3.05) is 29.9 Å². The lowest BCUT2D eigenvalue weighted by Crippen LogP contribution is -2.36. The normalized spacial score (nSPS) is 16.6. The predicted octanol–water partition coefficient (Wildman–Crippen LogP) is 5.67. The summed E-state index contributed by atoms with van der Waals surface area (Å²) in [6.45, 7) is 4.96. The number of thioether (sulfide) groups is 1. The molecule has 0 bridgehead atoms. The number of carbonyl (C=O) groups is 3. The fourth-order valence-electron chi connectivity index (χ4n) is 5.17. The van der Waals surface area contributed by atoms with Crippen LogP contribution in [0.5, 0.6) is 0 Å². The molecule has 40 heavy (non-hydrogen) atoms. The van der Waals surface area contributed by atoms with Gasteiger partial charge in [-0.3, -0.25) is 29.4 Å². The minimum atomic E-state index is -0.537. The van der Waals surface area contributed by atoms with E-state index in [0.29, 0.717) is 22.6 Å². The Labute approximate surface area is 235 Å². The number of piperidine rings is 1. The first-order valence-electron chi connectivity index (χ1n) is 13.1. The van der Waals surface area contributed by atoms with Crippen LogP contribution in [0.3, 0.4) is 0 Å². The van der Waals surface area contributed by atoms with E-state index in [9.17, 15) is 24.5 Å². The van der Waals surface area contributed by atoms with Gasteiger partial charge in [0.25, 0.3) is 16.8 Å². The van der Waals surface area contributed by atoms with E-state index in [-0.39, 0.29) is 22.1 Å². The number of nitro benzene ring substituents is 1. The Balaban J connectivity index is 1.38. The molecule has 2 aromatic carbocycles. The average molecular weight is 560 g/mol. The molecule has 10 nitrogen and oxygen atoms in total. The maximum absolute atomic E-state index is 13.0. The second-order valence-corrected chi connectivity index (χ2v) is 10.8. The van der Waals surface area contributed by atoms with E-state index in [1.165, 1.54) is 0 Å². The molecule has 0 atom stereocenters. The van der Waals surface area contributed by atoms with Gasteiger partial charge in [-0.05, 0) is 86.8 Å². The minimum absolute atomic E-state index is 0.0587. The molecule has 0 aliphatic carbocycles. The summed E-state index contributed by atoms with van der Waals surface area (Å²) in [7, 11) is 0. The molecule has 1 N–H and O–H groups in total. The van der Waals surface area contributed by atoms with Crippen LogP contribution in [0.2, 0.25) is 0 Å². The summed E-state index contributed by atoms with van der Waals surface area (Å²) in [5.41, 5.74) is 4.21. The lowest BCUT2D eigenvalue weighted by atomic mass is 10.1. The van der Waals surface area contributed by atoms with Crippen molar-refractivity contribution in [1.82, 2.24) is 9.47 Å². The largest absolute Gasteiger partial charge is 0.366 e. The summed E-state index contributed by atoms with van der Waals surface area (Å²) in [4.78, 5) is 52.9. The number of amides is 3. The molecule has 0 spiro atoms. The minimum Gasteiger partial charge on any atom is -0.366 e. The molecule has 3 aromatic rings. The van der Waals surface area contributed by atoms with Crippen LogP contribution >= 0.6 is 11.8 Å². The van der Waals surface area contributed by atoms with Gasteiger partial charge in [0.15, 0.2) is 0 Å². The summed E-state index contributed by atoms with van der Waals surface area (Å²) in [5, 5.41) is 14.1. The summed E-state index contributed by atoms with van der Waals surface area (Å²) in [6.07, 6.45) is 4.80. The van der Waals surface area contributed by atoms with Gasteiger partial charge >= 0.3 is 0 Å². The number of para-hydroxylation sites is 1. The molecule has 2 saturated heterocycles. The fourth-order valence-corrected chi connectivity index (χ4v) is 6.00. The van der Waals surface area contributed by atoms with Crippen LogP contribution in [0.15, 0.2) is 59.5 Å². The first-order valence-corrected chi connectivity index (χ1v) is 13.9. The number of carbonyl (C=O) groups excluding carboxylic acids is 3. The number of nitrogens with zero attached hydrogens (tertiary/aromatic N) is 4. The second-order valence-electron chi connectivity index (χ2n) is 9.82. The molecular formula is C29H29N5O5S. The molecular weight excluding hydrogens is 530 g/mol. The zero-order valence-electron chi connectivity index (χ0n) is 22.3. The molecule has 0 radical (unpaired) electrons. The van der Waals surface area contributed by atoms with E-state index in [0.717, 1.165) is 60.4 Å². The Kier molecular flexibility index (Phi) is 7.74. The van der Waals surface area contributed by atoms with Crippen molar-refractivity contribution in [3.8, 4) is 5.69 Å². The number of nitrogens with one attached hydrogen (secondary N) is 1. The standard InChI is InChI=1S/C29H29N5O5S/c1-19-15-21(16-26-28(36)32(29(37)40-26)18-27(35)30-22-9-5-3-6-10-22)20(2)33(19)23-11-12-24(25(17-23)34(38)39)31-13-7-4-8-14-31/h3,5-6,9-12,15-17H,4,7-8,13-14,18H2,1-2H3,(H,30,35)/b26-16-. The predicted molar refractivity (Wildman–Crippen MR) is 156 cm³/mol. The number of aromatic nitrogens is 1. The van der Waals surface area contributed by atoms with Crippen molar-refractivity contribution in [2.45, 2.75) is 33.1 Å². The van der Waals surface area contributed by atoms with Crippen LogP contribution in [0.4, 0.5) is 21.9 Å². The van der Waals surface area contributed by atoms with Gasteiger partial charge < -0.3 is 14.8 Å². The molecule has 5 rings (SSSR count). The van der Waals surface area contributed by atoms with E-state index in [1.54, 1.807) is 36.4 Å². The molecule has 3 amide bonds. The number of imide groups is 1. The van der Waals surface area contributed by atoms with Crippen molar-refractivity contribution in [2.24, 2.45) is 0 Å². The number of aryl methyl sites for hydroxylation is 1. The van der Waals surface area contributed by atoms with E-state index < -0.39 is 17.1 Å². The molecule has 206 valence electrons. The first-order chi connectivity index (χ1) is 19.2. The molecule has 0 unspecified atom stereocenters. The Morgan fingerprint density at radius 1 is 1.05 bits per heavy atom. The van der Waals surface area contributed by atoms with E-state index in [2.05, 4.69) is 10.2 Å². The molecule has 2 aliphatic rings. The van der Waals surface area contributed by atoms with Crippen LogP contribution < -0.4 is 10.2 Å². The number of hydrogen-bond donors (Lipinski definition) is 1. The van der Waals surface area contributed by atoms with Crippen molar-refractivity contribution in [3.63, 3.8) is 0 Å². The summed E-state index contributed by atoms with van der Waals surface area (Å²) >= 11 is 0.783. The van der Waals surface area contributed by atoms with Crippen molar-refractivity contribution in [1.29, 1.82) is 0 Å². The van der Waals surface area contributed by atoms with Crippen LogP contribution in [-0.2, 0) is 9.59 Å². The molecule has 11 heteroatoms. The zero-order valence-corrected chi connectivity index (χ0v) is 23.1. The van der Waals surface area contributed by atoms with E-state index in [4.69, 9.17) is 0 Å². The summed E-state index contributed by atoms with van der Waals surface area (Å²) in [6, 6.07) is 16.0. The first kappa shape index (κ1) is 27.2. The number of nitro groups is 1. The third-order valence-corrected chi connectivity index (χ3v) is 8.01. The quantitative estimate of drug-likeness (QED) is 0.225. The Morgan fingerprint density at radius 2 is 1.77 bits per heavy atom. The van der Waals surface area contributed by atoms with E-state index >= 15 is 0 Å². The third kappa shape index (κ3) is 5.50. The average Bonchev–Trinajstić information content (AvgIpc) is 3.37. The third-order valence-electron chi connectivity index (χ3n) is 7.10. The molecule has 2 aliphatic heterocycles. The second kappa shape index (κ2) is 11.4. The molecule has 1 aromatic heterocycles. The smallest absolute Gasteiger partial charge is 0.294 e. The van der Waals surface area contributed by atoms with Gasteiger partial charge in [-0.15, -0.1) is 0 Å². The Hall–Kier alpha value is -4.38. The van der Waals surface area contributed by atoms with E-state index in [1.807, 2.05) is 42.7 Å². The lowest BCUT2D eigenvalue weighted by molar-refractivity contribution is -0.384. The molecule has 3 heterocycles. The monoisotopic (exact) mass is 559 g/mol. The van der Waals surface area contributed by atoms with Gasteiger partial charge in [0.05, 0.1) is 15.5 Å². The van der Waals surface area contributed by atoms with Gasteiger partial charge in [0.1, 0.15) is 12.2 Å². The van der Waals surface area contributed by atoms with Crippen molar-refractivity contribution < 1.29 is 19.3 Å². The Bertz CT molecular complexity index is 1530. The van der Waals surface area contributed by atoms with Gasteiger partial charge in [0, 0.05) is 36.2 Å². The van der Waals surface area contributed by atoms with Crippen molar-refractivity contribution in [3.05, 3.63) is 86.6 Å². The highest BCUT2D eigenvalue weighted by atomic mass is 32.2. The van der Waals surface area contributed by atoms with Gasteiger partial charge in [-0.2, -0.15) is 0 Å². The zero-order chi connectivity index (χ0) is 28.4. The fraction of sp³-hybridized carbons (Fsp3) is 0.276. The molecule has 0 saturated carbocycles. The number of anilines is 2. The lowest BCUT2D eigenvalue weighted by Gasteiger charge is -2.28. The highest BCUT2D eigenvalue weighted by molar-refractivity contribution is 8.18. The highest BCUT2D eigenvalue weighted by Crippen LogP contribution is 2.36.